The van der Waals surface area contributed by atoms with Crippen molar-refractivity contribution in [3.05, 3.63) is 57.5 Å². The quantitative estimate of drug-likeness (QED) is 0.754. The van der Waals surface area contributed by atoms with Gasteiger partial charge in [-0.2, -0.15) is 8.78 Å². The van der Waals surface area contributed by atoms with Gasteiger partial charge in [-0.25, -0.2) is 13.1 Å². The summed E-state index contributed by atoms with van der Waals surface area (Å²) >= 11 is 9.11. The van der Waals surface area contributed by atoms with E-state index >= 15 is 0 Å². The fraction of sp³-hybridized carbons (Fsp3) is 0.143. The van der Waals surface area contributed by atoms with Crippen LogP contribution in [0.5, 0.6) is 5.75 Å². The van der Waals surface area contributed by atoms with Crippen molar-refractivity contribution in [1.29, 1.82) is 0 Å². The zero-order valence-electron chi connectivity index (χ0n) is 11.5. The highest BCUT2D eigenvalue weighted by Crippen LogP contribution is 2.26. The van der Waals surface area contributed by atoms with E-state index in [1.165, 1.54) is 36.4 Å². The highest BCUT2D eigenvalue weighted by molar-refractivity contribution is 9.10. The predicted molar refractivity (Wildman–Crippen MR) is 86.3 cm³/mol. The number of benzene rings is 2. The number of hydrogen-bond donors (Lipinski definition) is 1. The zero-order valence-corrected chi connectivity index (χ0v) is 14.6. The Bertz CT molecular complexity index is 802. The van der Waals surface area contributed by atoms with Crippen molar-refractivity contribution >= 4 is 37.6 Å². The Morgan fingerprint density at radius 3 is 2.57 bits per heavy atom. The lowest BCUT2D eigenvalue weighted by molar-refractivity contribution is -0.0504. The van der Waals surface area contributed by atoms with E-state index in [1.807, 2.05) is 0 Å². The third-order valence-electron chi connectivity index (χ3n) is 2.82. The molecule has 2 aromatic rings. The van der Waals surface area contributed by atoms with Crippen LogP contribution in [0.25, 0.3) is 0 Å². The molecular weight excluding hydrogens is 416 g/mol. The van der Waals surface area contributed by atoms with E-state index in [4.69, 9.17) is 11.6 Å². The van der Waals surface area contributed by atoms with Crippen LogP contribution in [0.3, 0.4) is 0 Å². The molecule has 0 fully saturated rings. The van der Waals surface area contributed by atoms with Crippen LogP contribution in [-0.2, 0) is 16.6 Å². The standard InChI is InChI=1S/C14H11BrClF2NO3S/c15-10-5-6-13(11(16)7-10)23(20,21)19-8-9-3-1-2-4-12(9)22-14(17)18/h1-7,14,19H,8H2. The first-order valence-electron chi connectivity index (χ1n) is 6.27. The number of para-hydroxylation sites is 1. The smallest absolute Gasteiger partial charge is 0.387 e. The summed E-state index contributed by atoms with van der Waals surface area (Å²) < 4.78 is 56.5. The summed E-state index contributed by atoms with van der Waals surface area (Å²) in [6, 6.07) is 10.3. The molecule has 23 heavy (non-hydrogen) atoms. The summed E-state index contributed by atoms with van der Waals surface area (Å²) in [6.07, 6.45) is 0. The Labute approximate surface area is 145 Å². The van der Waals surface area contributed by atoms with Crippen LogP contribution in [0.2, 0.25) is 5.02 Å². The predicted octanol–water partition coefficient (Wildman–Crippen LogP) is 4.18. The minimum atomic E-state index is -3.90. The van der Waals surface area contributed by atoms with Crippen LogP contribution in [-0.4, -0.2) is 15.0 Å². The molecule has 2 aromatic carbocycles. The Morgan fingerprint density at radius 1 is 1.22 bits per heavy atom. The molecule has 1 N–H and O–H groups in total. The monoisotopic (exact) mass is 425 g/mol. The Morgan fingerprint density at radius 2 is 1.91 bits per heavy atom. The summed E-state index contributed by atoms with van der Waals surface area (Å²) in [5.74, 6) is -0.0906. The van der Waals surface area contributed by atoms with Gasteiger partial charge < -0.3 is 4.74 Å². The summed E-state index contributed by atoms with van der Waals surface area (Å²) in [6.45, 7) is -3.20. The Balaban J connectivity index is 2.20. The van der Waals surface area contributed by atoms with Crippen molar-refractivity contribution < 1.29 is 21.9 Å². The number of halogens is 4. The van der Waals surface area contributed by atoms with Gasteiger partial charge in [-0.15, -0.1) is 0 Å². The SMILES string of the molecule is O=S(=O)(NCc1ccccc1OC(F)F)c1ccc(Br)cc1Cl. The van der Waals surface area contributed by atoms with Gasteiger partial charge in [-0.3, -0.25) is 0 Å². The molecule has 0 saturated heterocycles. The lowest BCUT2D eigenvalue weighted by atomic mass is 10.2. The number of hydrogen-bond acceptors (Lipinski definition) is 3. The van der Waals surface area contributed by atoms with E-state index in [-0.39, 0.29) is 27.8 Å². The molecule has 2 rings (SSSR count). The molecule has 0 heterocycles. The van der Waals surface area contributed by atoms with Crippen LogP contribution < -0.4 is 9.46 Å². The average Bonchev–Trinajstić information content (AvgIpc) is 2.45. The van der Waals surface area contributed by atoms with Crippen molar-refractivity contribution in [2.24, 2.45) is 0 Å². The number of ether oxygens (including phenoxy) is 1. The number of nitrogens with one attached hydrogen (secondary N) is 1. The first kappa shape index (κ1) is 18.1. The molecular formula is C14H11BrClF2NO3S. The molecule has 0 aliphatic rings. The maximum absolute atomic E-state index is 12.3. The van der Waals surface area contributed by atoms with Gasteiger partial charge >= 0.3 is 6.61 Å². The zero-order chi connectivity index (χ0) is 17.0. The van der Waals surface area contributed by atoms with Gasteiger partial charge in [0.2, 0.25) is 10.0 Å². The van der Waals surface area contributed by atoms with E-state index in [0.717, 1.165) is 0 Å². The first-order chi connectivity index (χ1) is 10.8. The first-order valence-corrected chi connectivity index (χ1v) is 8.92. The van der Waals surface area contributed by atoms with Crippen LogP contribution in [0.15, 0.2) is 51.8 Å². The molecule has 0 aromatic heterocycles. The summed E-state index contributed by atoms with van der Waals surface area (Å²) in [4.78, 5) is -0.102. The fourth-order valence-electron chi connectivity index (χ4n) is 1.80. The fourth-order valence-corrected chi connectivity index (χ4v) is 3.85. The molecule has 0 unspecified atom stereocenters. The minimum absolute atomic E-state index is 0.0454. The van der Waals surface area contributed by atoms with Gasteiger partial charge in [0.1, 0.15) is 10.6 Å². The van der Waals surface area contributed by atoms with Crippen molar-refractivity contribution in [2.45, 2.75) is 18.1 Å². The third kappa shape index (κ3) is 4.87. The number of rotatable bonds is 6. The van der Waals surface area contributed by atoms with E-state index in [2.05, 4.69) is 25.4 Å². The topological polar surface area (TPSA) is 55.4 Å². The van der Waals surface area contributed by atoms with E-state index in [9.17, 15) is 17.2 Å². The second-order valence-corrected chi connectivity index (χ2v) is 7.44. The lowest BCUT2D eigenvalue weighted by Crippen LogP contribution is -2.24. The van der Waals surface area contributed by atoms with Crippen LogP contribution in [0, 0.1) is 0 Å². The van der Waals surface area contributed by atoms with Crippen molar-refractivity contribution in [2.75, 3.05) is 0 Å². The van der Waals surface area contributed by atoms with Gasteiger partial charge in [0.25, 0.3) is 0 Å². The maximum atomic E-state index is 12.3. The summed E-state index contributed by atoms with van der Waals surface area (Å²) in [5, 5.41) is 0.0454. The van der Waals surface area contributed by atoms with Crippen LogP contribution in [0.4, 0.5) is 8.78 Å². The molecule has 0 aliphatic carbocycles. The summed E-state index contributed by atoms with van der Waals surface area (Å²) in [7, 11) is -3.90. The van der Waals surface area contributed by atoms with E-state index < -0.39 is 16.6 Å². The summed E-state index contributed by atoms with van der Waals surface area (Å²) in [5.41, 5.74) is 0.282. The van der Waals surface area contributed by atoms with E-state index in [0.29, 0.717) is 4.47 Å². The van der Waals surface area contributed by atoms with Crippen molar-refractivity contribution in [3.63, 3.8) is 0 Å². The molecule has 0 saturated carbocycles. The lowest BCUT2D eigenvalue weighted by Gasteiger charge is -2.12. The molecule has 124 valence electrons. The Hall–Kier alpha value is -1.22. The van der Waals surface area contributed by atoms with Gasteiger partial charge in [0.15, 0.2) is 0 Å². The number of alkyl halides is 2. The molecule has 0 atom stereocenters. The second-order valence-electron chi connectivity index (χ2n) is 4.39. The van der Waals surface area contributed by atoms with Gasteiger partial charge in [0.05, 0.1) is 5.02 Å². The molecule has 0 spiro atoms. The van der Waals surface area contributed by atoms with Gasteiger partial charge in [-0.05, 0) is 24.3 Å². The number of sulfonamides is 1. The minimum Gasteiger partial charge on any atom is -0.434 e. The normalized spacial score (nSPS) is 11.7. The van der Waals surface area contributed by atoms with E-state index in [1.54, 1.807) is 6.07 Å². The van der Waals surface area contributed by atoms with Crippen LogP contribution >= 0.6 is 27.5 Å². The van der Waals surface area contributed by atoms with Crippen LogP contribution in [0.1, 0.15) is 5.56 Å². The molecule has 0 bridgehead atoms. The Kier molecular flexibility index (Phi) is 5.96. The van der Waals surface area contributed by atoms with Gasteiger partial charge in [0, 0.05) is 16.6 Å². The second kappa shape index (κ2) is 7.57. The molecule has 0 amide bonds. The average molecular weight is 427 g/mol. The molecule has 4 nitrogen and oxygen atoms in total. The third-order valence-corrected chi connectivity index (χ3v) is 5.20. The molecule has 0 aliphatic heterocycles. The maximum Gasteiger partial charge on any atom is 0.387 e. The van der Waals surface area contributed by atoms with Crippen molar-refractivity contribution in [1.82, 2.24) is 4.72 Å². The van der Waals surface area contributed by atoms with Gasteiger partial charge in [-0.1, -0.05) is 45.7 Å². The largest absolute Gasteiger partial charge is 0.434 e. The highest BCUT2D eigenvalue weighted by atomic mass is 79.9. The highest BCUT2D eigenvalue weighted by Gasteiger charge is 2.19. The molecule has 0 radical (unpaired) electrons. The van der Waals surface area contributed by atoms with Crippen molar-refractivity contribution in [3.8, 4) is 5.75 Å². The molecule has 9 heteroatoms.